The highest BCUT2D eigenvalue weighted by atomic mass is 16.3. The Morgan fingerprint density at radius 1 is 1.50 bits per heavy atom. The second kappa shape index (κ2) is 3.68. The van der Waals surface area contributed by atoms with E-state index in [0.29, 0.717) is 0 Å². The van der Waals surface area contributed by atoms with E-state index in [2.05, 4.69) is 5.32 Å². The summed E-state index contributed by atoms with van der Waals surface area (Å²) in [5, 5.41) is 11.3. The van der Waals surface area contributed by atoms with Crippen LogP contribution in [0.25, 0.3) is 0 Å². The molecule has 0 aliphatic carbocycles. The molecule has 3 heteroatoms. The number of carbonyl (C=O) groups is 1. The lowest BCUT2D eigenvalue weighted by Crippen LogP contribution is -2.40. The first-order chi connectivity index (χ1) is 4.45. The van der Waals surface area contributed by atoms with Crippen molar-refractivity contribution in [3.8, 4) is 0 Å². The third-order valence-corrected chi connectivity index (χ3v) is 0.992. The number of ketones is 1. The van der Waals surface area contributed by atoms with Crippen molar-refractivity contribution in [2.75, 3.05) is 13.2 Å². The van der Waals surface area contributed by atoms with Crippen LogP contribution in [0, 0.1) is 0 Å². The number of hydrogen-bond acceptors (Lipinski definition) is 3. The molecular formula is C7H15NO2. The van der Waals surface area contributed by atoms with Gasteiger partial charge in [0.15, 0.2) is 5.78 Å². The van der Waals surface area contributed by atoms with Crippen LogP contribution in [0.2, 0.25) is 0 Å². The summed E-state index contributed by atoms with van der Waals surface area (Å²) in [6.45, 7) is 5.79. The third-order valence-electron chi connectivity index (χ3n) is 0.992. The zero-order valence-corrected chi connectivity index (χ0v) is 6.77. The fourth-order valence-corrected chi connectivity index (χ4v) is 0.420. The van der Waals surface area contributed by atoms with Gasteiger partial charge in [-0.15, -0.1) is 0 Å². The van der Waals surface area contributed by atoms with Crippen LogP contribution in [0.5, 0.6) is 0 Å². The van der Waals surface area contributed by atoms with E-state index in [1.165, 1.54) is 0 Å². The van der Waals surface area contributed by atoms with Gasteiger partial charge in [0, 0.05) is 5.54 Å². The minimum Gasteiger partial charge on any atom is -0.389 e. The van der Waals surface area contributed by atoms with Crippen LogP contribution in [-0.4, -0.2) is 29.6 Å². The Hall–Kier alpha value is -0.410. The highest BCUT2D eigenvalue weighted by Crippen LogP contribution is 1.96. The first-order valence-electron chi connectivity index (χ1n) is 3.33. The Bertz CT molecular complexity index is 115. The first-order valence-corrected chi connectivity index (χ1v) is 3.33. The predicted octanol–water partition coefficient (Wildman–Crippen LogP) is -0.0641. The highest BCUT2D eigenvalue weighted by molar-refractivity contribution is 5.81. The summed E-state index contributed by atoms with van der Waals surface area (Å²) in [6.07, 6.45) is 0. The second-order valence-electron chi connectivity index (χ2n) is 3.30. The van der Waals surface area contributed by atoms with Gasteiger partial charge in [-0.05, 0) is 20.8 Å². The van der Waals surface area contributed by atoms with Gasteiger partial charge in [-0.3, -0.25) is 4.79 Å². The maximum atomic E-state index is 10.5. The maximum absolute atomic E-state index is 10.5. The third kappa shape index (κ3) is 5.72. The molecule has 10 heavy (non-hydrogen) atoms. The van der Waals surface area contributed by atoms with Gasteiger partial charge in [-0.25, -0.2) is 0 Å². The highest BCUT2D eigenvalue weighted by Gasteiger charge is 2.09. The largest absolute Gasteiger partial charge is 0.389 e. The lowest BCUT2D eigenvalue weighted by Gasteiger charge is -2.19. The molecule has 0 aromatic heterocycles. The molecule has 2 N–H and O–H groups in total. The summed E-state index contributed by atoms with van der Waals surface area (Å²) < 4.78 is 0. The van der Waals surface area contributed by atoms with Crippen LogP contribution in [0.4, 0.5) is 0 Å². The fourth-order valence-electron chi connectivity index (χ4n) is 0.420. The molecular weight excluding hydrogens is 130 g/mol. The van der Waals surface area contributed by atoms with Crippen molar-refractivity contribution in [2.45, 2.75) is 26.3 Å². The fraction of sp³-hybridized carbons (Fsp3) is 0.857. The molecule has 0 bridgehead atoms. The minimum absolute atomic E-state index is 0.0508. The van der Waals surface area contributed by atoms with Gasteiger partial charge in [-0.2, -0.15) is 0 Å². The second-order valence-corrected chi connectivity index (χ2v) is 3.30. The number of aliphatic hydroxyl groups excluding tert-OH is 1. The Kier molecular flexibility index (Phi) is 3.53. The molecule has 0 aliphatic rings. The van der Waals surface area contributed by atoms with E-state index in [1.54, 1.807) is 0 Å². The molecule has 0 amide bonds. The van der Waals surface area contributed by atoms with Crippen molar-refractivity contribution in [1.82, 2.24) is 5.32 Å². The molecule has 0 unspecified atom stereocenters. The normalized spacial score (nSPS) is 11.6. The summed E-state index contributed by atoms with van der Waals surface area (Å²) in [7, 11) is 0. The van der Waals surface area contributed by atoms with Gasteiger partial charge < -0.3 is 10.4 Å². The van der Waals surface area contributed by atoms with Crippen LogP contribution >= 0.6 is 0 Å². The van der Waals surface area contributed by atoms with Crippen molar-refractivity contribution in [1.29, 1.82) is 0 Å². The zero-order valence-electron chi connectivity index (χ0n) is 6.77. The van der Waals surface area contributed by atoms with Crippen LogP contribution in [0.3, 0.4) is 0 Å². The van der Waals surface area contributed by atoms with E-state index in [-0.39, 0.29) is 24.5 Å². The molecule has 60 valence electrons. The van der Waals surface area contributed by atoms with E-state index >= 15 is 0 Å². The maximum Gasteiger partial charge on any atom is 0.171 e. The molecule has 3 nitrogen and oxygen atoms in total. The van der Waals surface area contributed by atoms with E-state index in [0.717, 1.165) is 0 Å². The summed E-state index contributed by atoms with van der Waals surface area (Å²) in [4.78, 5) is 10.5. The average Bonchev–Trinajstić information content (AvgIpc) is 1.81. The van der Waals surface area contributed by atoms with Crippen molar-refractivity contribution >= 4 is 5.78 Å². The average molecular weight is 145 g/mol. The van der Waals surface area contributed by atoms with Gasteiger partial charge in [-0.1, -0.05) is 0 Å². The van der Waals surface area contributed by atoms with Crippen molar-refractivity contribution in [2.24, 2.45) is 0 Å². The Balaban J connectivity index is 3.46. The molecule has 0 aliphatic heterocycles. The first kappa shape index (κ1) is 9.59. The lowest BCUT2D eigenvalue weighted by molar-refractivity contribution is -0.121. The Morgan fingerprint density at radius 3 is 2.30 bits per heavy atom. The molecule has 0 atom stereocenters. The van der Waals surface area contributed by atoms with Crippen molar-refractivity contribution < 1.29 is 9.90 Å². The number of hydrogen-bond donors (Lipinski definition) is 2. The van der Waals surface area contributed by atoms with E-state index in [9.17, 15) is 4.79 Å². The summed E-state index contributed by atoms with van der Waals surface area (Å²) in [6, 6.07) is 0. The van der Waals surface area contributed by atoms with Crippen molar-refractivity contribution in [3.63, 3.8) is 0 Å². The Morgan fingerprint density at radius 2 is 2.00 bits per heavy atom. The molecule has 0 rings (SSSR count). The van der Waals surface area contributed by atoms with Gasteiger partial charge in [0.05, 0.1) is 6.54 Å². The number of Topliss-reactive ketones (excluding diaryl/α,β-unsaturated/α-hetero) is 1. The quantitative estimate of drug-likeness (QED) is 0.584. The smallest absolute Gasteiger partial charge is 0.171 e. The van der Waals surface area contributed by atoms with E-state index in [1.807, 2.05) is 20.8 Å². The number of carbonyl (C=O) groups excluding carboxylic acids is 1. The molecule has 0 saturated carbocycles. The van der Waals surface area contributed by atoms with Crippen LogP contribution < -0.4 is 5.32 Å². The topological polar surface area (TPSA) is 49.3 Å². The monoisotopic (exact) mass is 145 g/mol. The van der Waals surface area contributed by atoms with Crippen molar-refractivity contribution in [3.05, 3.63) is 0 Å². The number of aliphatic hydroxyl groups is 1. The number of rotatable bonds is 3. The molecule has 0 aromatic carbocycles. The van der Waals surface area contributed by atoms with Crippen LogP contribution in [0.15, 0.2) is 0 Å². The van der Waals surface area contributed by atoms with Crippen LogP contribution in [0.1, 0.15) is 20.8 Å². The Labute approximate surface area is 61.4 Å². The summed E-state index contributed by atoms with van der Waals surface area (Å²) in [5.74, 6) is -0.171. The standard InChI is InChI=1S/C7H15NO2/c1-7(2,3)8-4-6(10)5-9/h8-9H,4-5H2,1-3H3. The van der Waals surface area contributed by atoms with E-state index < -0.39 is 0 Å². The SMILES string of the molecule is CC(C)(C)NCC(=O)CO. The van der Waals surface area contributed by atoms with Gasteiger partial charge >= 0.3 is 0 Å². The van der Waals surface area contributed by atoms with E-state index in [4.69, 9.17) is 5.11 Å². The summed E-state index contributed by atoms with van der Waals surface area (Å²) in [5.41, 5.74) is -0.0508. The molecule has 0 radical (unpaired) electrons. The molecule has 0 fully saturated rings. The minimum atomic E-state index is -0.372. The van der Waals surface area contributed by atoms with Crippen LogP contribution in [-0.2, 0) is 4.79 Å². The van der Waals surface area contributed by atoms with Gasteiger partial charge in [0.1, 0.15) is 6.61 Å². The lowest BCUT2D eigenvalue weighted by atomic mass is 10.1. The molecule has 0 aromatic rings. The molecule has 0 heterocycles. The summed E-state index contributed by atoms with van der Waals surface area (Å²) >= 11 is 0. The molecule has 0 spiro atoms. The zero-order chi connectivity index (χ0) is 8.20. The van der Waals surface area contributed by atoms with Gasteiger partial charge in [0.2, 0.25) is 0 Å². The van der Waals surface area contributed by atoms with Gasteiger partial charge in [0.25, 0.3) is 0 Å². The number of nitrogens with one attached hydrogen (secondary N) is 1. The predicted molar refractivity (Wildman–Crippen MR) is 39.8 cm³/mol. The molecule has 0 saturated heterocycles.